The second kappa shape index (κ2) is 4.19. The third-order valence-corrected chi connectivity index (χ3v) is 1.92. The van der Waals surface area contributed by atoms with Gasteiger partial charge in [-0.25, -0.2) is 4.39 Å². The van der Waals surface area contributed by atoms with Crippen molar-refractivity contribution >= 4 is 6.08 Å². The Kier molecular flexibility index (Phi) is 3.20. The maximum atomic E-state index is 12.5. The molecule has 1 rings (SSSR count). The van der Waals surface area contributed by atoms with Crippen molar-refractivity contribution in [3.63, 3.8) is 0 Å². The fraction of sp³-hybridized carbons (Fsp3) is 0.273. The smallest absolute Gasteiger partial charge is 0.123 e. The van der Waals surface area contributed by atoms with Crippen molar-refractivity contribution in [3.8, 4) is 0 Å². The van der Waals surface area contributed by atoms with Crippen LogP contribution < -0.4 is 0 Å². The summed E-state index contributed by atoms with van der Waals surface area (Å²) in [6, 6.07) is 6.17. The average molecular weight is 180 g/mol. The summed E-state index contributed by atoms with van der Waals surface area (Å²) in [5.41, 5.74) is 1.77. The van der Waals surface area contributed by atoms with E-state index in [2.05, 4.69) is 0 Å². The van der Waals surface area contributed by atoms with Crippen molar-refractivity contribution in [2.24, 2.45) is 0 Å². The van der Waals surface area contributed by atoms with E-state index in [1.807, 2.05) is 13.0 Å². The molecule has 0 saturated carbocycles. The minimum atomic E-state index is -0.454. The molecule has 0 fully saturated rings. The molecule has 13 heavy (non-hydrogen) atoms. The summed E-state index contributed by atoms with van der Waals surface area (Å²) in [5.74, 6) is -0.244. The predicted octanol–water partition coefficient (Wildman–Crippen LogP) is 2.61. The molecule has 0 amide bonds. The number of rotatable bonds is 2. The van der Waals surface area contributed by atoms with Crippen LogP contribution in [0.3, 0.4) is 0 Å². The van der Waals surface area contributed by atoms with Gasteiger partial charge in [0.15, 0.2) is 0 Å². The first-order valence-corrected chi connectivity index (χ1v) is 4.21. The Morgan fingerprint density at radius 2 is 1.92 bits per heavy atom. The Morgan fingerprint density at radius 3 is 2.38 bits per heavy atom. The van der Waals surface area contributed by atoms with Crippen LogP contribution in [0, 0.1) is 5.82 Å². The second-order valence-electron chi connectivity index (χ2n) is 3.12. The van der Waals surface area contributed by atoms with Gasteiger partial charge in [-0.1, -0.05) is 18.2 Å². The first-order valence-electron chi connectivity index (χ1n) is 4.21. The molecule has 2 heteroatoms. The molecule has 0 heterocycles. The van der Waals surface area contributed by atoms with E-state index in [1.165, 1.54) is 12.1 Å². The van der Waals surface area contributed by atoms with Crippen LogP contribution in [0.15, 0.2) is 29.8 Å². The van der Waals surface area contributed by atoms with Gasteiger partial charge in [0.25, 0.3) is 0 Å². The van der Waals surface area contributed by atoms with E-state index in [1.54, 1.807) is 19.1 Å². The van der Waals surface area contributed by atoms with Gasteiger partial charge in [0.1, 0.15) is 5.82 Å². The number of hydrogen-bond acceptors (Lipinski definition) is 1. The van der Waals surface area contributed by atoms with Gasteiger partial charge in [-0.3, -0.25) is 0 Å². The van der Waals surface area contributed by atoms with Crippen LogP contribution in [0.4, 0.5) is 4.39 Å². The van der Waals surface area contributed by atoms with Crippen molar-refractivity contribution < 1.29 is 9.50 Å². The lowest BCUT2D eigenvalue weighted by Gasteiger charge is -2.03. The molecule has 1 aromatic carbocycles. The third-order valence-electron chi connectivity index (χ3n) is 1.92. The normalized spacial score (nSPS) is 14.3. The van der Waals surface area contributed by atoms with Gasteiger partial charge in [0, 0.05) is 0 Å². The molecule has 0 saturated heterocycles. The molecule has 1 N–H and O–H groups in total. The average Bonchev–Trinajstić information content (AvgIpc) is 2.08. The number of hydrogen-bond donors (Lipinski definition) is 1. The van der Waals surface area contributed by atoms with Gasteiger partial charge in [-0.05, 0) is 37.1 Å². The Balaban J connectivity index is 2.85. The lowest BCUT2D eigenvalue weighted by molar-refractivity contribution is 0.232. The minimum Gasteiger partial charge on any atom is -0.389 e. The molecule has 0 spiro atoms. The van der Waals surface area contributed by atoms with Gasteiger partial charge in [0.05, 0.1) is 6.10 Å². The fourth-order valence-corrected chi connectivity index (χ4v) is 0.942. The van der Waals surface area contributed by atoms with Gasteiger partial charge < -0.3 is 5.11 Å². The molecule has 0 aromatic heterocycles. The standard InChI is InChI=1S/C11H13FO/c1-8(9(2)13)7-10-3-5-11(12)6-4-10/h3-7,9,13H,1-2H3/b8-7+. The minimum absolute atomic E-state index is 0.244. The second-order valence-corrected chi connectivity index (χ2v) is 3.12. The van der Waals surface area contributed by atoms with Crippen LogP contribution in [-0.4, -0.2) is 11.2 Å². The Labute approximate surface area is 77.5 Å². The molecule has 0 aliphatic carbocycles. The van der Waals surface area contributed by atoms with E-state index in [9.17, 15) is 9.50 Å². The first kappa shape index (κ1) is 9.93. The van der Waals surface area contributed by atoms with Gasteiger partial charge >= 0.3 is 0 Å². The highest BCUT2D eigenvalue weighted by Crippen LogP contribution is 2.10. The highest BCUT2D eigenvalue weighted by Gasteiger charge is 1.97. The SMILES string of the molecule is C/C(=C\c1ccc(F)cc1)C(C)O. The highest BCUT2D eigenvalue weighted by atomic mass is 19.1. The first-order chi connectivity index (χ1) is 6.09. The van der Waals surface area contributed by atoms with Crippen molar-refractivity contribution in [2.75, 3.05) is 0 Å². The van der Waals surface area contributed by atoms with Crippen LogP contribution in [0.1, 0.15) is 19.4 Å². The maximum Gasteiger partial charge on any atom is 0.123 e. The Morgan fingerprint density at radius 1 is 1.38 bits per heavy atom. The largest absolute Gasteiger partial charge is 0.389 e. The summed E-state index contributed by atoms with van der Waals surface area (Å²) >= 11 is 0. The summed E-state index contributed by atoms with van der Waals surface area (Å²) in [7, 11) is 0. The molecule has 70 valence electrons. The number of aliphatic hydroxyl groups is 1. The van der Waals surface area contributed by atoms with E-state index in [4.69, 9.17) is 0 Å². The zero-order valence-electron chi connectivity index (χ0n) is 7.79. The summed E-state index contributed by atoms with van der Waals surface area (Å²) < 4.78 is 12.5. The van der Waals surface area contributed by atoms with E-state index in [0.717, 1.165) is 11.1 Å². The zero-order chi connectivity index (χ0) is 9.84. The van der Waals surface area contributed by atoms with Gasteiger partial charge in [-0.2, -0.15) is 0 Å². The fourth-order valence-electron chi connectivity index (χ4n) is 0.942. The summed E-state index contributed by atoms with van der Waals surface area (Å²) in [4.78, 5) is 0. The molecule has 0 aliphatic heterocycles. The van der Waals surface area contributed by atoms with E-state index >= 15 is 0 Å². The van der Waals surface area contributed by atoms with Crippen LogP contribution >= 0.6 is 0 Å². The van der Waals surface area contributed by atoms with Crippen molar-refractivity contribution in [2.45, 2.75) is 20.0 Å². The lowest BCUT2D eigenvalue weighted by atomic mass is 10.1. The summed E-state index contributed by atoms with van der Waals surface area (Å²) in [6.07, 6.45) is 1.38. The summed E-state index contributed by atoms with van der Waals surface area (Å²) in [6.45, 7) is 3.55. The number of benzene rings is 1. The molecule has 0 radical (unpaired) electrons. The topological polar surface area (TPSA) is 20.2 Å². The summed E-state index contributed by atoms with van der Waals surface area (Å²) in [5, 5.41) is 9.19. The lowest BCUT2D eigenvalue weighted by Crippen LogP contribution is -2.00. The third kappa shape index (κ3) is 2.99. The predicted molar refractivity (Wildman–Crippen MR) is 51.7 cm³/mol. The monoisotopic (exact) mass is 180 g/mol. The van der Waals surface area contributed by atoms with Crippen molar-refractivity contribution in [1.82, 2.24) is 0 Å². The molecule has 0 aliphatic rings. The quantitative estimate of drug-likeness (QED) is 0.741. The van der Waals surface area contributed by atoms with E-state index in [0.29, 0.717) is 0 Å². The van der Waals surface area contributed by atoms with Crippen molar-refractivity contribution in [1.29, 1.82) is 0 Å². The molecule has 0 bridgehead atoms. The van der Waals surface area contributed by atoms with Gasteiger partial charge in [-0.15, -0.1) is 0 Å². The molecule has 1 nitrogen and oxygen atoms in total. The van der Waals surface area contributed by atoms with E-state index < -0.39 is 6.10 Å². The van der Waals surface area contributed by atoms with Crippen molar-refractivity contribution in [3.05, 3.63) is 41.2 Å². The van der Waals surface area contributed by atoms with E-state index in [-0.39, 0.29) is 5.82 Å². The number of aliphatic hydroxyl groups excluding tert-OH is 1. The van der Waals surface area contributed by atoms with Crippen LogP contribution in [0.5, 0.6) is 0 Å². The Hall–Kier alpha value is -1.15. The molecule has 1 aromatic rings. The zero-order valence-corrected chi connectivity index (χ0v) is 7.79. The van der Waals surface area contributed by atoms with Gasteiger partial charge in [0.2, 0.25) is 0 Å². The molecular formula is C11H13FO. The molecular weight excluding hydrogens is 167 g/mol. The van der Waals surface area contributed by atoms with Crippen LogP contribution in [0.2, 0.25) is 0 Å². The number of halogens is 1. The maximum absolute atomic E-state index is 12.5. The molecule has 1 unspecified atom stereocenters. The highest BCUT2D eigenvalue weighted by molar-refractivity contribution is 5.52. The van der Waals surface area contributed by atoms with Crippen LogP contribution in [-0.2, 0) is 0 Å². The van der Waals surface area contributed by atoms with Crippen LogP contribution in [0.25, 0.3) is 6.08 Å². The Bertz CT molecular complexity index is 298. The molecule has 1 atom stereocenters.